The van der Waals surface area contributed by atoms with Gasteiger partial charge in [0.25, 0.3) is 0 Å². The van der Waals surface area contributed by atoms with Crippen LogP contribution < -0.4 is 10.2 Å². The molecule has 1 aromatic rings. The van der Waals surface area contributed by atoms with Crippen LogP contribution in [0.15, 0.2) is 18.2 Å². The number of hydrogen-bond acceptors (Lipinski definition) is 3. The van der Waals surface area contributed by atoms with Gasteiger partial charge in [0.2, 0.25) is 0 Å². The molecule has 5 nitrogen and oxygen atoms in total. The van der Waals surface area contributed by atoms with E-state index in [0.717, 1.165) is 19.4 Å². The standard InChI is InChI=1S/C15H17FN4O/c16-13-4-1-5-14(12(13)9-17)19-7-2-3-11(10-19)20-8-6-18-15(20)21/h1,4-5,11H,2-3,6-8,10H2,(H,18,21)/t11-/m1/s1. The first-order valence-corrected chi connectivity index (χ1v) is 7.18. The van der Waals surface area contributed by atoms with E-state index in [1.165, 1.54) is 6.07 Å². The first-order valence-electron chi connectivity index (χ1n) is 7.18. The smallest absolute Gasteiger partial charge is 0.317 e. The molecule has 2 saturated heterocycles. The van der Waals surface area contributed by atoms with Crippen molar-refractivity contribution in [2.45, 2.75) is 18.9 Å². The number of hydrogen-bond donors (Lipinski definition) is 1. The summed E-state index contributed by atoms with van der Waals surface area (Å²) in [5.41, 5.74) is 0.714. The van der Waals surface area contributed by atoms with Gasteiger partial charge in [-0.3, -0.25) is 0 Å². The topological polar surface area (TPSA) is 59.4 Å². The van der Waals surface area contributed by atoms with E-state index in [1.54, 1.807) is 12.1 Å². The van der Waals surface area contributed by atoms with Crippen LogP contribution in [0.5, 0.6) is 0 Å². The second-order valence-corrected chi connectivity index (χ2v) is 5.41. The van der Waals surface area contributed by atoms with Gasteiger partial charge in [-0.25, -0.2) is 9.18 Å². The van der Waals surface area contributed by atoms with Gasteiger partial charge < -0.3 is 15.1 Å². The molecule has 2 aliphatic rings. The molecule has 21 heavy (non-hydrogen) atoms. The Hall–Kier alpha value is -2.29. The number of urea groups is 1. The van der Waals surface area contributed by atoms with Crippen molar-refractivity contribution in [3.8, 4) is 6.07 Å². The highest BCUT2D eigenvalue weighted by molar-refractivity contribution is 5.76. The summed E-state index contributed by atoms with van der Waals surface area (Å²) in [5.74, 6) is -0.490. The Balaban J connectivity index is 1.82. The Morgan fingerprint density at radius 2 is 2.24 bits per heavy atom. The van der Waals surface area contributed by atoms with Crippen LogP contribution in [0.1, 0.15) is 18.4 Å². The van der Waals surface area contributed by atoms with Gasteiger partial charge in [-0.15, -0.1) is 0 Å². The fourth-order valence-electron chi connectivity index (χ4n) is 3.15. The lowest BCUT2D eigenvalue weighted by Crippen LogP contribution is -2.49. The summed E-state index contributed by atoms with van der Waals surface area (Å²) < 4.78 is 13.7. The predicted octanol–water partition coefficient (Wildman–Crippen LogP) is 1.69. The maximum Gasteiger partial charge on any atom is 0.317 e. The number of halogens is 1. The number of nitrogens with zero attached hydrogens (tertiary/aromatic N) is 3. The van der Waals surface area contributed by atoms with Crippen LogP contribution in [-0.4, -0.2) is 43.2 Å². The number of nitrogens with one attached hydrogen (secondary N) is 1. The quantitative estimate of drug-likeness (QED) is 0.901. The summed E-state index contributed by atoms with van der Waals surface area (Å²) in [6, 6.07) is 6.74. The number of carbonyl (C=O) groups excluding carboxylic acids is 1. The van der Waals surface area contributed by atoms with Crippen molar-refractivity contribution >= 4 is 11.7 Å². The number of amides is 2. The lowest BCUT2D eigenvalue weighted by molar-refractivity contribution is 0.189. The van der Waals surface area contributed by atoms with E-state index < -0.39 is 5.82 Å². The van der Waals surface area contributed by atoms with Crippen LogP contribution in [0, 0.1) is 17.1 Å². The average molecular weight is 288 g/mol. The Bertz CT molecular complexity index is 598. The van der Waals surface area contributed by atoms with Crippen LogP contribution in [0.25, 0.3) is 0 Å². The van der Waals surface area contributed by atoms with E-state index in [9.17, 15) is 9.18 Å². The van der Waals surface area contributed by atoms with Gasteiger partial charge in [0.05, 0.1) is 11.7 Å². The molecule has 2 heterocycles. The minimum Gasteiger partial charge on any atom is -0.368 e. The monoisotopic (exact) mass is 288 g/mol. The molecule has 0 radical (unpaired) electrons. The fourth-order valence-corrected chi connectivity index (χ4v) is 3.15. The molecular weight excluding hydrogens is 271 g/mol. The van der Waals surface area contributed by atoms with Crippen molar-refractivity contribution in [1.82, 2.24) is 10.2 Å². The molecule has 1 aromatic carbocycles. The van der Waals surface area contributed by atoms with Crippen LogP contribution in [-0.2, 0) is 0 Å². The zero-order valence-electron chi connectivity index (χ0n) is 11.7. The minimum absolute atomic E-state index is 0.0263. The third-order valence-electron chi connectivity index (χ3n) is 4.17. The van der Waals surface area contributed by atoms with Crippen molar-refractivity contribution in [2.24, 2.45) is 0 Å². The number of carbonyl (C=O) groups is 1. The van der Waals surface area contributed by atoms with Crippen molar-refractivity contribution < 1.29 is 9.18 Å². The highest BCUT2D eigenvalue weighted by Crippen LogP contribution is 2.27. The van der Waals surface area contributed by atoms with Crippen LogP contribution in [0.4, 0.5) is 14.9 Å². The zero-order chi connectivity index (χ0) is 14.8. The molecule has 2 fully saturated rings. The molecule has 0 unspecified atom stereocenters. The SMILES string of the molecule is N#Cc1c(F)cccc1N1CCC[C@@H](N2CCNC2=O)C1. The summed E-state index contributed by atoms with van der Waals surface area (Å²) in [6.07, 6.45) is 1.87. The molecule has 0 spiro atoms. The Morgan fingerprint density at radius 1 is 1.38 bits per heavy atom. The molecule has 0 aliphatic carbocycles. The maximum atomic E-state index is 13.7. The molecule has 2 amide bonds. The minimum atomic E-state index is -0.490. The third-order valence-corrected chi connectivity index (χ3v) is 4.17. The van der Waals surface area contributed by atoms with Gasteiger partial charge in [0.1, 0.15) is 17.4 Å². The second kappa shape index (κ2) is 5.60. The largest absolute Gasteiger partial charge is 0.368 e. The maximum absolute atomic E-state index is 13.7. The van der Waals surface area contributed by atoms with Crippen molar-refractivity contribution in [1.29, 1.82) is 5.26 Å². The molecule has 1 N–H and O–H groups in total. The summed E-state index contributed by atoms with van der Waals surface area (Å²) >= 11 is 0. The van der Waals surface area contributed by atoms with Gasteiger partial charge in [0, 0.05) is 26.2 Å². The summed E-state index contributed by atoms with van der Waals surface area (Å²) in [6.45, 7) is 2.82. The van der Waals surface area contributed by atoms with Crippen molar-refractivity contribution in [2.75, 3.05) is 31.1 Å². The van der Waals surface area contributed by atoms with E-state index in [0.29, 0.717) is 25.3 Å². The van der Waals surface area contributed by atoms with E-state index in [2.05, 4.69) is 5.32 Å². The van der Waals surface area contributed by atoms with E-state index >= 15 is 0 Å². The number of nitriles is 1. The molecule has 0 aromatic heterocycles. The first kappa shape index (κ1) is 13.7. The van der Waals surface area contributed by atoms with Crippen LogP contribution in [0.2, 0.25) is 0 Å². The van der Waals surface area contributed by atoms with Gasteiger partial charge in [-0.2, -0.15) is 5.26 Å². The molecule has 0 bridgehead atoms. The Kier molecular flexibility index (Phi) is 3.65. The molecule has 2 aliphatic heterocycles. The highest BCUT2D eigenvalue weighted by atomic mass is 19.1. The van der Waals surface area contributed by atoms with Gasteiger partial charge >= 0.3 is 6.03 Å². The Labute approximate surface area is 122 Å². The summed E-state index contributed by atoms with van der Waals surface area (Å²) in [7, 11) is 0. The zero-order valence-corrected chi connectivity index (χ0v) is 11.7. The second-order valence-electron chi connectivity index (χ2n) is 5.41. The summed E-state index contributed by atoms with van der Waals surface area (Å²) in [4.78, 5) is 15.6. The molecule has 6 heteroatoms. The Morgan fingerprint density at radius 3 is 2.95 bits per heavy atom. The lowest BCUT2D eigenvalue weighted by atomic mass is 10.0. The van der Waals surface area contributed by atoms with Gasteiger partial charge in [-0.1, -0.05) is 6.07 Å². The van der Waals surface area contributed by atoms with Gasteiger partial charge in [0.15, 0.2) is 0 Å². The van der Waals surface area contributed by atoms with E-state index in [4.69, 9.17) is 5.26 Å². The third kappa shape index (κ3) is 2.51. The number of benzene rings is 1. The van der Waals surface area contributed by atoms with Crippen LogP contribution in [0.3, 0.4) is 0 Å². The first-order chi connectivity index (χ1) is 10.2. The molecule has 3 rings (SSSR count). The fraction of sp³-hybridized carbons (Fsp3) is 0.467. The van der Waals surface area contributed by atoms with E-state index in [-0.39, 0.29) is 17.6 Å². The molecule has 1 atom stereocenters. The molecular formula is C15H17FN4O. The number of piperidine rings is 1. The van der Waals surface area contributed by atoms with Crippen molar-refractivity contribution in [3.63, 3.8) is 0 Å². The predicted molar refractivity (Wildman–Crippen MR) is 76.5 cm³/mol. The lowest BCUT2D eigenvalue weighted by Gasteiger charge is -2.38. The average Bonchev–Trinajstić information content (AvgIpc) is 2.93. The highest BCUT2D eigenvalue weighted by Gasteiger charge is 2.32. The number of anilines is 1. The number of rotatable bonds is 2. The van der Waals surface area contributed by atoms with Crippen LogP contribution >= 0.6 is 0 Å². The molecule has 0 saturated carbocycles. The van der Waals surface area contributed by atoms with E-state index in [1.807, 2.05) is 15.9 Å². The van der Waals surface area contributed by atoms with Gasteiger partial charge in [-0.05, 0) is 25.0 Å². The normalized spacial score (nSPS) is 22.1. The molecule has 110 valence electrons. The summed E-state index contributed by atoms with van der Waals surface area (Å²) in [5, 5.41) is 12.0. The van der Waals surface area contributed by atoms with Crippen molar-refractivity contribution in [3.05, 3.63) is 29.6 Å².